The van der Waals surface area contributed by atoms with Crippen LogP contribution in [0.3, 0.4) is 0 Å². The first-order valence-corrected chi connectivity index (χ1v) is 8.03. The molecule has 1 aromatic heterocycles. The Morgan fingerprint density at radius 3 is 2.53 bits per heavy atom. The highest BCUT2D eigenvalue weighted by atomic mass is 32.2. The van der Waals surface area contributed by atoms with Gasteiger partial charge in [-0.1, -0.05) is 13.8 Å². The van der Waals surface area contributed by atoms with Crippen molar-refractivity contribution >= 4 is 23.1 Å². The van der Waals surface area contributed by atoms with E-state index < -0.39 is 0 Å². The summed E-state index contributed by atoms with van der Waals surface area (Å²) in [6.07, 6.45) is 0. The fourth-order valence-electron chi connectivity index (χ4n) is 2.41. The van der Waals surface area contributed by atoms with Gasteiger partial charge in [-0.05, 0) is 19.2 Å². The largest absolute Gasteiger partial charge is 0.315 e. The lowest BCUT2D eigenvalue weighted by molar-refractivity contribution is 0.265. The van der Waals surface area contributed by atoms with Crippen molar-refractivity contribution in [2.45, 2.75) is 37.4 Å². The second-order valence-electron chi connectivity index (χ2n) is 4.85. The van der Waals surface area contributed by atoms with Crippen LogP contribution < -0.4 is 5.32 Å². The van der Waals surface area contributed by atoms with Crippen LogP contribution in [-0.2, 0) is 13.1 Å². The van der Waals surface area contributed by atoms with Crippen molar-refractivity contribution in [3.05, 3.63) is 21.9 Å². The number of rotatable bonds is 4. The first kappa shape index (κ1) is 13.4. The van der Waals surface area contributed by atoms with E-state index in [9.17, 15) is 0 Å². The van der Waals surface area contributed by atoms with Crippen LogP contribution >= 0.6 is 23.1 Å². The number of thiophene rings is 1. The lowest BCUT2D eigenvalue weighted by atomic mass is 10.3. The molecular weight excluding hydrogens is 248 g/mol. The summed E-state index contributed by atoms with van der Waals surface area (Å²) in [5, 5.41) is 4.76. The molecule has 2 heterocycles. The van der Waals surface area contributed by atoms with Gasteiger partial charge in [-0.15, -0.1) is 11.3 Å². The van der Waals surface area contributed by atoms with Gasteiger partial charge in [0, 0.05) is 46.4 Å². The van der Waals surface area contributed by atoms with E-state index in [-0.39, 0.29) is 0 Å². The highest BCUT2D eigenvalue weighted by Gasteiger charge is 2.22. The minimum Gasteiger partial charge on any atom is -0.315 e. The van der Waals surface area contributed by atoms with Gasteiger partial charge < -0.3 is 5.32 Å². The monoisotopic (exact) mass is 270 g/mol. The van der Waals surface area contributed by atoms with Gasteiger partial charge in [-0.2, -0.15) is 11.8 Å². The topological polar surface area (TPSA) is 15.3 Å². The highest BCUT2D eigenvalue weighted by Crippen LogP contribution is 2.27. The Morgan fingerprint density at radius 2 is 1.88 bits per heavy atom. The molecule has 0 amide bonds. The normalized spacial score (nSPS) is 26.3. The SMILES string of the molecule is CNCc1ccc(CN2CC(C)SC(C)C2)s1. The number of thioether (sulfide) groups is 1. The van der Waals surface area contributed by atoms with E-state index in [0.717, 1.165) is 23.6 Å². The standard InChI is InChI=1S/C13H22N2S2/c1-10-7-15(8-11(2)16-10)9-13-5-4-12(17-13)6-14-3/h4-5,10-11,14H,6-9H2,1-3H3. The molecule has 0 spiro atoms. The van der Waals surface area contributed by atoms with Gasteiger partial charge in [0.25, 0.3) is 0 Å². The molecule has 4 heteroatoms. The van der Waals surface area contributed by atoms with Crippen molar-refractivity contribution in [1.29, 1.82) is 0 Å². The van der Waals surface area contributed by atoms with Gasteiger partial charge in [-0.25, -0.2) is 0 Å². The summed E-state index contributed by atoms with van der Waals surface area (Å²) in [6, 6.07) is 4.54. The molecule has 1 aromatic rings. The molecule has 2 unspecified atom stereocenters. The summed E-state index contributed by atoms with van der Waals surface area (Å²) in [5.74, 6) is 0. The number of hydrogen-bond donors (Lipinski definition) is 1. The van der Waals surface area contributed by atoms with E-state index >= 15 is 0 Å². The smallest absolute Gasteiger partial charge is 0.0328 e. The van der Waals surface area contributed by atoms with Gasteiger partial charge in [0.15, 0.2) is 0 Å². The number of nitrogens with one attached hydrogen (secondary N) is 1. The lowest BCUT2D eigenvalue weighted by Crippen LogP contribution is -2.39. The number of hydrogen-bond acceptors (Lipinski definition) is 4. The maximum Gasteiger partial charge on any atom is 0.0328 e. The maximum absolute atomic E-state index is 3.21. The Bertz CT molecular complexity index is 341. The Labute approximate surface area is 113 Å². The average Bonchev–Trinajstić information content (AvgIpc) is 2.64. The van der Waals surface area contributed by atoms with Crippen LogP contribution in [0.5, 0.6) is 0 Å². The van der Waals surface area contributed by atoms with E-state index in [1.165, 1.54) is 22.8 Å². The maximum atomic E-state index is 3.21. The van der Waals surface area contributed by atoms with Crippen molar-refractivity contribution in [3.8, 4) is 0 Å². The van der Waals surface area contributed by atoms with Crippen molar-refractivity contribution in [2.75, 3.05) is 20.1 Å². The molecule has 0 saturated carbocycles. The summed E-state index contributed by atoms with van der Waals surface area (Å²) < 4.78 is 0. The Balaban J connectivity index is 1.90. The van der Waals surface area contributed by atoms with Gasteiger partial charge in [0.1, 0.15) is 0 Å². The summed E-state index contributed by atoms with van der Waals surface area (Å²) in [7, 11) is 2.00. The van der Waals surface area contributed by atoms with Gasteiger partial charge in [-0.3, -0.25) is 4.90 Å². The Hall–Kier alpha value is -0.0300. The van der Waals surface area contributed by atoms with Crippen LogP contribution in [0.4, 0.5) is 0 Å². The molecule has 2 nitrogen and oxygen atoms in total. The van der Waals surface area contributed by atoms with E-state index in [1.807, 2.05) is 18.4 Å². The van der Waals surface area contributed by atoms with Crippen LogP contribution in [0.1, 0.15) is 23.6 Å². The minimum atomic E-state index is 0.774. The highest BCUT2D eigenvalue weighted by molar-refractivity contribution is 8.00. The molecule has 0 bridgehead atoms. The summed E-state index contributed by atoms with van der Waals surface area (Å²) in [6.45, 7) is 9.27. The molecule has 0 aromatic carbocycles. The second-order valence-corrected chi connectivity index (χ2v) is 7.98. The summed E-state index contributed by atoms with van der Waals surface area (Å²) in [4.78, 5) is 5.54. The molecule has 1 saturated heterocycles. The van der Waals surface area contributed by atoms with Crippen molar-refractivity contribution in [1.82, 2.24) is 10.2 Å². The first-order valence-electron chi connectivity index (χ1n) is 6.27. The molecule has 17 heavy (non-hydrogen) atoms. The quantitative estimate of drug-likeness (QED) is 0.906. The van der Waals surface area contributed by atoms with Gasteiger partial charge in [0.05, 0.1) is 0 Å². The zero-order valence-corrected chi connectivity index (χ0v) is 12.5. The Kier molecular flexibility index (Phi) is 4.91. The van der Waals surface area contributed by atoms with E-state index in [2.05, 4.69) is 48.0 Å². The molecular formula is C13H22N2S2. The molecule has 2 atom stereocenters. The zero-order chi connectivity index (χ0) is 12.3. The predicted octanol–water partition coefficient (Wildman–Crippen LogP) is 2.79. The molecule has 1 aliphatic rings. The van der Waals surface area contributed by atoms with Gasteiger partial charge >= 0.3 is 0 Å². The van der Waals surface area contributed by atoms with E-state index in [1.54, 1.807) is 0 Å². The third kappa shape index (κ3) is 3.98. The third-order valence-electron chi connectivity index (χ3n) is 2.94. The Morgan fingerprint density at radius 1 is 1.24 bits per heavy atom. The van der Waals surface area contributed by atoms with Crippen LogP contribution in [-0.4, -0.2) is 35.5 Å². The first-order chi connectivity index (χ1) is 8.17. The molecule has 2 rings (SSSR count). The molecule has 1 aliphatic heterocycles. The zero-order valence-electron chi connectivity index (χ0n) is 10.9. The summed E-state index contributed by atoms with van der Waals surface area (Å²) >= 11 is 4.06. The molecule has 1 N–H and O–H groups in total. The fourth-order valence-corrected chi connectivity index (χ4v) is 4.87. The van der Waals surface area contributed by atoms with Crippen LogP contribution in [0, 0.1) is 0 Å². The van der Waals surface area contributed by atoms with E-state index in [4.69, 9.17) is 0 Å². The van der Waals surface area contributed by atoms with Crippen molar-refractivity contribution in [2.24, 2.45) is 0 Å². The van der Waals surface area contributed by atoms with Crippen LogP contribution in [0.15, 0.2) is 12.1 Å². The molecule has 1 fully saturated rings. The molecule has 0 aliphatic carbocycles. The molecule has 0 radical (unpaired) electrons. The second kappa shape index (κ2) is 6.23. The van der Waals surface area contributed by atoms with Crippen LogP contribution in [0.25, 0.3) is 0 Å². The third-order valence-corrected chi connectivity index (χ3v) is 5.24. The average molecular weight is 270 g/mol. The number of nitrogens with zero attached hydrogens (tertiary/aromatic N) is 1. The predicted molar refractivity (Wildman–Crippen MR) is 78.9 cm³/mol. The van der Waals surface area contributed by atoms with Gasteiger partial charge in [0.2, 0.25) is 0 Å². The minimum absolute atomic E-state index is 0.774. The van der Waals surface area contributed by atoms with E-state index in [0.29, 0.717) is 0 Å². The fraction of sp³-hybridized carbons (Fsp3) is 0.692. The molecule has 96 valence electrons. The summed E-state index contributed by atoms with van der Waals surface area (Å²) in [5.41, 5.74) is 0. The van der Waals surface area contributed by atoms with Crippen LogP contribution in [0.2, 0.25) is 0 Å². The van der Waals surface area contributed by atoms with Crippen molar-refractivity contribution < 1.29 is 0 Å². The lowest BCUT2D eigenvalue weighted by Gasteiger charge is -2.34. The van der Waals surface area contributed by atoms with Crippen molar-refractivity contribution in [3.63, 3.8) is 0 Å².